The van der Waals surface area contributed by atoms with Gasteiger partial charge < -0.3 is 15.0 Å². The lowest BCUT2D eigenvalue weighted by molar-refractivity contribution is -0.113. The fourth-order valence-corrected chi connectivity index (χ4v) is 4.41. The summed E-state index contributed by atoms with van der Waals surface area (Å²) >= 11 is 7.40. The third-order valence-corrected chi connectivity index (χ3v) is 6.23. The average molecular weight is 458 g/mol. The highest BCUT2D eigenvalue weighted by Gasteiger charge is 2.23. The van der Waals surface area contributed by atoms with Crippen molar-refractivity contribution in [1.82, 2.24) is 14.8 Å². The number of carbonyl (C=O) groups excluding carboxylic acids is 1. The molecule has 1 N–H and O–H groups in total. The number of rotatable bonds is 7. The smallest absolute Gasteiger partial charge is 0.234 e. The van der Waals surface area contributed by atoms with Gasteiger partial charge in [0.1, 0.15) is 5.75 Å². The van der Waals surface area contributed by atoms with Crippen LogP contribution in [0.2, 0.25) is 5.02 Å². The van der Waals surface area contributed by atoms with Crippen LogP contribution in [-0.4, -0.2) is 46.6 Å². The van der Waals surface area contributed by atoms with Gasteiger partial charge in [-0.3, -0.25) is 9.36 Å². The lowest BCUT2D eigenvalue weighted by atomic mass is 10.2. The molecular weight excluding hydrogens is 434 g/mol. The van der Waals surface area contributed by atoms with Crippen LogP contribution in [0, 0.1) is 6.92 Å². The number of nitrogens with one attached hydrogen (secondary N) is 1. The predicted molar refractivity (Wildman–Crippen MR) is 125 cm³/mol. The number of aromatic nitrogens is 3. The minimum absolute atomic E-state index is 0.174. The molecule has 31 heavy (non-hydrogen) atoms. The molecule has 2 heterocycles. The molecule has 2 aromatic carbocycles. The van der Waals surface area contributed by atoms with E-state index in [0.29, 0.717) is 21.6 Å². The summed E-state index contributed by atoms with van der Waals surface area (Å²) in [4.78, 5) is 14.9. The molecule has 0 spiro atoms. The first-order valence-corrected chi connectivity index (χ1v) is 11.4. The van der Waals surface area contributed by atoms with Crippen molar-refractivity contribution in [3.05, 3.63) is 53.1 Å². The Kier molecular flexibility index (Phi) is 6.67. The van der Waals surface area contributed by atoms with Crippen molar-refractivity contribution in [3.8, 4) is 11.4 Å². The highest BCUT2D eigenvalue weighted by atomic mass is 35.5. The Labute approximate surface area is 190 Å². The van der Waals surface area contributed by atoms with E-state index in [1.54, 1.807) is 25.3 Å². The van der Waals surface area contributed by atoms with Crippen LogP contribution in [0.15, 0.2) is 47.6 Å². The Morgan fingerprint density at radius 3 is 2.61 bits per heavy atom. The van der Waals surface area contributed by atoms with Crippen LogP contribution in [0.1, 0.15) is 18.4 Å². The number of halogens is 1. The highest BCUT2D eigenvalue weighted by molar-refractivity contribution is 7.99. The van der Waals surface area contributed by atoms with Crippen molar-refractivity contribution in [2.75, 3.05) is 36.2 Å². The van der Waals surface area contributed by atoms with Gasteiger partial charge >= 0.3 is 0 Å². The summed E-state index contributed by atoms with van der Waals surface area (Å²) in [5.74, 6) is 1.38. The normalized spacial score (nSPS) is 13.5. The van der Waals surface area contributed by atoms with Crippen LogP contribution in [-0.2, 0) is 4.79 Å². The van der Waals surface area contributed by atoms with Gasteiger partial charge in [0.15, 0.2) is 5.16 Å². The molecule has 4 rings (SSSR count). The molecule has 3 aromatic rings. The summed E-state index contributed by atoms with van der Waals surface area (Å²) < 4.78 is 7.33. The topological polar surface area (TPSA) is 72.3 Å². The molecular formula is C22H24ClN5O2S. The van der Waals surface area contributed by atoms with Crippen LogP contribution in [0.4, 0.5) is 11.6 Å². The number of aryl methyl sites for hydroxylation is 1. The molecule has 7 nitrogen and oxygen atoms in total. The Morgan fingerprint density at radius 2 is 1.90 bits per heavy atom. The highest BCUT2D eigenvalue weighted by Crippen LogP contribution is 2.30. The number of hydrogen-bond acceptors (Lipinski definition) is 6. The number of ether oxygens (including phenoxy) is 1. The maximum absolute atomic E-state index is 12.6. The molecule has 1 fully saturated rings. The lowest BCUT2D eigenvalue weighted by Crippen LogP contribution is -2.22. The number of carbonyl (C=O) groups is 1. The molecule has 0 bridgehead atoms. The number of nitrogens with zero attached hydrogens (tertiary/aromatic N) is 4. The Bertz CT molecular complexity index is 1060. The van der Waals surface area contributed by atoms with Gasteiger partial charge in [-0.1, -0.05) is 41.1 Å². The van der Waals surface area contributed by atoms with Gasteiger partial charge in [0.2, 0.25) is 11.9 Å². The molecule has 162 valence electrons. The zero-order valence-corrected chi connectivity index (χ0v) is 19.0. The van der Waals surface area contributed by atoms with E-state index in [-0.39, 0.29) is 11.7 Å². The molecule has 0 unspecified atom stereocenters. The summed E-state index contributed by atoms with van der Waals surface area (Å²) in [6.45, 7) is 3.98. The zero-order chi connectivity index (χ0) is 21.8. The van der Waals surface area contributed by atoms with E-state index in [9.17, 15) is 4.79 Å². The minimum Gasteiger partial charge on any atom is -0.495 e. The van der Waals surface area contributed by atoms with Crippen molar-refractivity contribution in [2.24, 2.45) is 0 Å². The van der Waals surface area contributed by atoms with Gasteiger partial charge in [-0.25, -0.2) is 0 Å². The predicted octanol–water partition coefficient (Wildman–Crippen LogP) is 4.57. The van der Waals surface area contributed by atoms with Crippen molar-refractivity contribution >= 4 is 40.9 Å². The summed E-state index contributed by atoms with van der Waals surface area (Å²) in [7, 11) is 1.55. The lowest BCUT2D eigenvalue weighted by Gasteiger charge is -2.18. The summed E-state index contributed by atoms with van der Waals surface area (Å²) in [5, 5.41) is 12.9. The van der Waals surface area contributed by atoms with E-state index < -0.39 is 0 Å². The maximum Gasteiger partial charge on any atom is 0.234 e. The van der Waals surface area contributed by atoms with Crippen molar-refractivity contribution in [2.45, 2.75) is 24.9 Å². The van der Waals surface area contributed by atoms with Gasteiger partial charge in [0, 0.05) is 18.1 Å². The Morgan fingerprint density at radius 1 is 1.16 bits per heavy atom. The average Bonchev–Trinajstić information content (AvgIpc) is 3.43. The molecule has 1 aromatic heterocycles. The molecule has 1 aliphatic heterocycles. The van der Waals surface area contributed by atoms with E-state index >= 15 is 0 Å². The SMILES string of the molecule is COc1ccc(Cl)cc1NC(=O)CSc1nnc(N2CCCC2)n1-c1ccc(C)cc1. The van der Waals surface area contributed by atoms with E-state index in [1.165, 1.54) is 17.3 Å². The Balaban J connectivity index is 1.54. The fraction of sp³-hybridized carbons (Fsp3) is 0.318. The van der Waals surface area contributed by atoms with Crippen molar-refractivity contribution in [3.63, 3.8) is 0 Å². The first-order chi connectivity index (χ1) is 15.0. The van der Waals surface area contributed by atoms with Crippen LogP contribution in [0.25, 0.3) is 5.69 Å². The standard InChI is InChI=1S/C22H24ClN5O2S/c1-15-5-8-17(9-6-15)28-21(27-11-3-4-12-27)25-26-22(28)31-14-20(29)24-18-13-16(23)7-10-19(18)30-2/h5-10,13H,3-4,11-12,14H2,1-2H3,(H,24,29). The number of benzene rings is 2. The molecule has 0 radical (unpaired) electrons. The van der Waals surface area contributed by atoms with Crippen molar-refractivity contribution in [1.29, 1.82) is 0 Å². The van der Waals surface area contributed by atoms with Crippen molar-refractivity contribution < 1.29 is 9.53 Å². The molecule has 9 heteroatoms. The maximum atomic E-state index is 12.6. The first-order valence-electron chi connectivity index (χ1n) is 10.1. The van der Waals surface area contributed by atoms with E-state index in [0.717, 1.165) is 37.6 Å². The largest absolute Gasteiger partial charge is 0.495 e. The third kappa shape index (κ3) is 4.97. The van der Waals surface area contributed by atoms with Gasteiger partial charge in [-0.2, -0.15) is 0 Å². The third-order valence-electron chi connectivity index (χ3n) is 5.07. The monoisotopic (exact) mass is 457 g/mol. The van der Waals surface area contributed by atoms with Crippen LogP contribution >= 0.6 is 23.4 Å². The summed E-state index contributed by atoms with van der Waals surface area (Å²) in [6.07, 6.45) is 2.29. The van der Waals surface area contributed by atoms with E-state index in [2.05, 4.69) is 51.6 Å². The number of thioether (sulfide) groups is 1. The Hall–Kier alpha value is -2.71. The van der Waals surface area contributed by atoms with Gasteiger partial charge in [-0.15, -0.1) is 10.2 Å². The second kappa shape index (κ2) is 9.62. The molecule has 1 amide bonds. The van der Waals surface area contributed by atoms with Crippen LogP contribution < -0.4 is 15.0 Å². The summed E-state index contributed by atoms with van der Waals surface area (Å²) in [6, 6.07) is 13.4. The molecule has 0 aliphatic carbocycles. The number of methoxy groups -OCH3 is 1. The molecule has 0 saturated carbocycles. The quantitative estimate of drug-likeness (QED) is 0.524. The van der Waals surface area contributed by atoms with Gasteiger partial charge in [-0.05, 0) is 50.1 Å². The zero-order valence-electron chi connectivity index (χ0n) is 17.5. The van der Waals surface area contributed by atoms with E-state index in [1.807, 2.05) is 4.57 Å². The van der Waals surface area contributed by atoms with E-state index in [4.69, 9.17) is 16.3 Å². The number of anilines is 2. The molecule has 0 atom stereocenters. The van der Waals surface area contributed by atoms with Gasteiger partial charge in [0.05, 0.1) is 24.2 Å². The number of amides is 1. The fourth-order valence-electron chi connectivity index (χ4n) is 3.49. The second-order valence-electron chi connectivity index (χ2n) is 7.33. The summed E-state index contributed by atoms with van der Waals surface area (Å²) in [5.41, 5.74) is 2.71. The number of hydrogen-bond donors (Lipinski definition) is 1. The van der Waals surface area contributed by atoms with Crippen LogP contribution in [0.3, 0.4) is 0 Å². The molecule has 1 aliphatic rings. The van der Waals surface area contributed by atoms with Gasteiger partial charge in [0.25, 0.3) is 0 Å². The first kappa shape index (κ1) is 21.5. The van der Waals surface area contributed by atoms with Crippen LogP contribution in [0.5, 0.6) is 5.75 Å². The minimum atomic E-state index is -0.174. The second-order valence-corrected chi connectivity index (χ2v) is 8.71. The molecule has 1 saturated heterocycles.